The molecular weight excluding hydrogens is 299 g/mol. The van der Waals surface area contributed by atoms with E-state index in [9.17, 15) is 9.18 Å². The van der Waals surface area contributed by atoms with Crippen LogP contribution in [0.15, 0.2) is 55.0 Å². The molecule has 1 amide bonds. The van der Waals surface area contributed by atoms with E-state index in [-0.39, 0.29) is 11.4 Å². The van der Waals surface area contributed by atoms with E-state index in [0.29, 0.717) is 11.4 Å². The summed E-state index contributed by atoms with van der Waals surface area (Å²) in [6.45, 7) is 0. The van der Waals surface area contributed by atoms with Crippen LogP contribution < -0.4 is 10.1 Å². The van der Waals surface area contributed by atoms with Gasteiger partial charge in [0.25, 0.3) is 5.91 Å². The number of benzene rings is 1. The summed E-state index contributed by atoms with van der Waals surface area (Å²) in [5, 5.41) is 6.58. The number of carbonyl (C=O) groups excluding carboxylic acids is 1. The fraction of sp³-hybridized carbons (Fsp3) is 0.0625. The summed E-state index contributed by atoms with van der Waals surface area (Å²) in [4.78, 5) is 16.3. The molecule has 116 valence electrons. The van der Waals surface area contributed by atoms with Crippen LogP contribution in [0.4, 0.5) is 10.1 Å². The Bertz CT molecular complexity index is 834. The third-order valence-electron chi connectivity index (χ3n) is 3.17. The Morgan fingerprint density at radius 3 is 2.87 bits per heavy atom. The van der Waals surface area contributed by atoms with Gasteiger partial charge in [-0.3, -0.25) is 9.78 Å². The monoisotopic (exact) mass is 312 g/mol. The molecule has 1 N–H and O–H groups in total. The van der Waals surface area contributed by atoms with Crippen LogP contribution in [0, 0.1) is 5.82 Å². The number of hydrogen-bond acceptors (Lipinski definition) is 4. The van der Waals surface area contributed by atoms with Gasteiger partial charge in [-0.25, -0.2) is 9.07 Å². The van der Waals surface area contributed by atoms with Crippen LogP contribution in [0.2, 0.25) is 0 Å². The number of hydrogen-bond donors (Lipinski definition) is 1. The highest BCUT2D eigenvalue weighted by Crippen LogP contribution is 2.21. The van der Waals surface area contributed by atoms with Crippen molar-refractivity contribution in [2.24, 2.45) is 0 Å². The molecule has 3 aromatic rings. The quantitative estimate of drug-likeness (QED) is 0.804. The molecular formula is C16H13FN4O2. The molecule has 0 unspecified atom stereocenters. The molecule has 0 bridgehead atoms. The zero-order chi connectivity index (χ0) is 16.2. The maximum Gasteiger partial charge on any atom is 0.274 e. The number of anilines is 1. The Labute approximate surface area is 131 Å². The van der Waals surface area contributed by atoms with Gasteiger partial charge in [0.05, 0.1) is 18.5 Å². The molecule has 2 aromatic heterocycles. The van der Waals surface area contributed by atoms with Crippen molar-refractivity contribution in [3.05, 3.63) is 66.5 Å². The number of aromatic nitrogens is 3. The summed E-state index contributed by atoms with van der Waals surface area (Å²) in [7, 11) is 1.47. The number of rotatable bonds is 4. The van der Waals surface area contributed by atoms with Gasteiger partial charge < -0.3 is 10.1 Å². The Hall–Kier alpha value is -3.22. The summed E-state index contributed by atoms with van der Waals surface area (Å²) >= 11 is 0. The first-order chi connectivity index (χ1) is 11.2. The van der Waals surface area contributed by atoms with E-state index in [0.717, 1.165) is 0 Å². The molecule has 7 heteroatoms. The molecule has 0 spiro atoms. The minimum atomic E-state index is -0.553. The first-order valence-electron chi connectivity index (χ1n) is 6.78. The van der Waals surface area contributed by atoms with Crippen molar-refractivity contribution in [2.75, 3.05) is 12.4 Å². The molecule has 23 heavy (non-hydrogen) atoms. The molecule has 0 aliphatic heterocycles. The van der Waals surface area contributed by atoms with E-state index in [1.165, 1.54) is 31.5 Å². The van der Waals surface area contributed by atoms with Gasteiger partial charge in [0.1, 0.15) is 17.3 Å². The second-order valence-electron chi connectivity index (χ2n) is 4.65. The highest BCUT2D eigenvalue weighted by molar-refractivity contribution is 6.03. The third-order valence-corrected chi connectivity index (χ3v) is 3.17. The van der Waals surface area contributed by atoms with Gasteiger partial charge in [0.2, 0.25) is 0 Å². The number of amides is 1. The van der Waals surface area contributed by atoms with Gasteiger partial charge in [0.15, 0.2) is 0 Å². The minimum Gasteiger partial charge on any atom is -0.497 e. The number of halogens is 1. The standard InChI is InChI=1S/C16H13FN4O2/c1-23-12-3-4-13(17)14(10-12)20-16(22)15-9-11(5-7-18-15)21-8-2-6-19-21/h2-10H,1H3,(H,20,22). The predicted molar refractivity (Wildman–Crippen MR) is 82.3 cm³/mol. The smallest absolute Gasteiger partial charge is 0.274 e. The highest BCUT2D eigenvalue weighted by Gasteiger charge is 2.12. The van der Waals surface area contributed by atoms with Crippen LogP contribution >= 0.6 is 0 Å². The fourth-order valence-electron chi connectivity index (χ4n) is 2.02. The Morgan fingerprint density at radius 1 is 1.26 bits per heavy atom. The predicted octanol–water partition coefficient (Wildman–Crippen LogP) is 2.67. The van der Waals surface area contributed by atoms with E-state index >= 15 is 0 Å². The molecule has 0 aliphatic carbocycles. The molecule has 0 radical (unpaired) electrons. The number of nitrogens with one attached hydrogen (secondary N) is 1. The van der Waals surface area contributed by atoms with Crippen LogP contribution in [0.3, 0.4) is 0 Å². The Kier molecular flexibility index (Phi) is 4.01. The van der Waals surface area contributed by atoms with Crippen molar-refractivity contribution in [3.8, 4) is 11.4 Å². The van der Waals surface area contributed by atoms with E-state index in [1.54, 1.807) is 35.3 Å². The van der Waals surface area contributed by atoms with Gasteiger partial charge >= 0.3 is 0 Å². The fourth-order valence-corrected chi connectivity index (χ4v) is 2.02. The zero-order valence-corrected chi connectivity index (χ0v) is 12.2. The lowest BCUT2D eigenvalue weighted by atomic mass is 10.2. The lowest BCUT2D eigenvalue weighted by molar-refractivity contribution is 0.102. The lowest BCUT2D eigenvalue weighted by Gasteiger charge is -2.09. The number of nitrogens with zero attached hydrogens (tertiary/aromatic N) is 3. The first kappa shape index (κ1) is 14.7. The van der Waals surface area contributed by atoms with Crippen LogP contribution in [-0.2, 0) is 0 Å². The molecule has 2 heterocycles. The van der Waals surface area contributed by atoms with Gasteiger partial charge in [-0.05, 0) is 30.3 Å². The van der Waals surface area contributed by atoms with Crippen molar-refractivity contribution in [1.82, 2.24) is 14.8 Å². The normalized spacial score (nSPS) is 10.3. The average Bonchev–Trinajstić information content (AvgIpc) is 3.11. The minimum absolute atomic E-state index is 0.0284. The molecule has 3 rings (SSSR count). The number of ether oxygens (including phenoxy) is 1. The van der Waals surface area contributed by atoms with Gasteiger partial charge in [-0.1, -0.05) is 0 Å². The zero-order valence-electron chi connectivity index (χ0n) is 12.2. The third kappa shape index (κ3) is 3.18. The van der Waals surface area contributed by atoms with E-state index in [4.69, 9.17) is 4.74 Å². The van der Waals surface area contributed by atoms with Gasteiger partial charge in [-0.2, -0.15) is 5.10 Å². The van der Waals surface area contributed by atoms with Crippen molar-refractivity contribution in [2.45, 2.75) is 0 Å². The molecule has 1 aromatic carbocycles. The molecule has 6 nitrogen and oxygen atoms in total. The molecule has 0 aliphatic rings. The van der Waals surface area contributed by atoms with E-state index < -0.39 is 11.7 Å². The van der Waals surface area contributed by atoms with Crippen molar-refractivity contribution < 1.29 is 13.9 Å². The second-order valence-corrected chi connectivity index (χ2v) is 4.65. The molecule has 0 fully saturated rings. The summed E-state index contributed by atoms with van der Waals surface area (Å²) in [5.41, 5.74) is 0.863. The Balaban J connectivity index is 1.85. The number of carbonyl (C=O) groups is 1. The van der Waals surface area contributed by atoms with Crippen LogP contribution in [0.1, 0.15) is 10.5 Å². The van der Waals surface area contributed by atoms with Crippen LogP contribution in [0.25, 0.3) is 5.69 Å². The molecule has 0 saturated heterocycles. The SMILES string of the molecule is COc1ccc(F)c(NC(=O)c2cc(-n3cccn3)ccn2)c1. The Morgan fingerprint density at radius 2 is 2.13 bits per heavy atom. The summed E-state index contributed by atoms with van der Waals surface area (Å²) < 4.78 is 20.4. The molecule has 0 atom stereocenters. The van der Waals surface area contributed by atoms with Crippen molar-refractivity contribution in [1.29, 1.82) is 0 Å². The highest BCUT2D eigenvalue weighted by atomic mass is 19.1. The van der Waals surface area contributed by atoms with Crippen LogP contribution in [-0.4, -0.2) is 27.8 Å². The average molecular weight is 312 g/mol. The van der Waals surface area contributed by atoms with Crippen LogP contribution in [0.5, 0.6) is 5.75 Å². The summed E-state index contributed by atoms with van der Waals surface area (Å²) in [6.07, 6.45) is 4.87. The van der Waals surface area contributed by atoms with Gasteiger partial charge in [0, 0.05) is 24.7 Å². The van der Waals surface area contributed by atoms with Gasteiger partial charge in [-0.15, -0.1) is 0 Å². The second kappa shape index (κ2) is 6.27. The summed E-state index contributed by atoms with van der Waals surface area (Å²) in [6, 6.07) is 9.16. The lowest BCUT2D eigenvalue weighted by Crippen LogP contribution is -2.15. The largest absolute Gasteiger partial charge is 0.497 e. The summed E-state index contributed by atoms with van der Waals surface area (Å²) in [5.74, 6) is -0.631. The maximum atomic E-state index is 13.8. The van der Waals surface area contributed by atoms with Crippen molar-refractivity contribution >= 4 is 11.6 Å². The van der Waals surface area contributed by atoms with Crippen molar-refractivity contribution in [3.63, 3.8) is 0 Å². The maximum absolute atomic E-state index is 13.8. The number of methoxy groups -OCH3 is 1. The van der Waals surface area contributed by atoms with E-state index in [1.807, 2.05) is 0 Å². The first-order valence-corrected chi connectivity index (χ1v) is 6.78. The number of pyridine rings is 1. The molecule has 0 saturated carbocycles. The van der Waals surface area contributed by atoms with E-state index in [2.05, 4.69) is 15.4 Å². The topological polar surface area (TPSA) is 69.0 Å².